The first-order chi connectivity index (χ1) is 9.22. The fourth-order valence-electron chi connectivity index (χ4n) is 1.65. The Bertz CT molecular complexity index is 586. The summed E-state index contributed by atoms with van der Waals surface area (Å²) in [5.74, 6) is 1.40. The van der Waals surface area contributed by atoms with Gasteiger partial charge in [0.25, 0.3) is 0 Å². The van der Waals surface area contributed by atoms with Gasteiger partial charge in [0.15, 0.2) is 16.7 Å². The molecule has 1 saturated heterocycles. The van der Waals surface area contributed by atoms with Gasteiger partial charge in [0, 0.05) is 0 Å². The molecule has 0 aliphatic carbocycles. The third-order valence-corrected chi connectivity index (χ3v) is 3.61. The maximum atomic E-state index is 11.3. The maximum Gasteiger partial charge on any atom is 0.239 e. The Kier molecular flexibility index (Phi) is 3.12. The highest BCUT2D eigenvalue weighted by Gasteiger charge is 2.25. The Morgan fingerprint density at radius 2 is 2.26 bits per heavy atom. The van der Waals surface area contributed by atoms with Crippen molar-refractivity contribution in [3.63, 3.8) is 0 Å². The van der Waals surface area contributed by atoms with E-state index in [4.69, 9.17) is 9.47 Å². The van der Waals surface area contributed by atoms with Gasteiger partial charge in [0.1, 0.15) is 0 Å². The van der Waals surface area contributed by atoms with Crippen LogP contribution in [-0.4, -0.2) is 29.3 Å². The van der Waals surface area contributed by atoms with E-state index in [1.165, 1.54) is 11.8 Å². The van der Waals surface area contributed by atoms with Gasteiger partial charge < -0.3 is 14.8 Å². The zero-order valence-electron chi connectivity index (χ0n) is 10.1. The summed E-state index contributed by atoms with van der Waals surface area (Å²) >= 11 is 1.36. The quantitative estimate of drug-likeness (QED) is 0.654. The summed E-state index contributed by atoms with van der Waals surface area (Å²) < 4.78 is 10.5. The van der Waals surface area contributed by atoms with E-state index in [0.717, 1.165) is 11.3 Å². The van der Waals surface area contributed by atoms with Crippen LogP contribution in [0.25, 0.3) is 0 Å². The van der Waals surface area contributed by atoms with E-state index in [1.54, 1.807) is 6.21 Å². The molecule has 1 atom stereocenters. The number of nitrogens with one attached hydrogen (secondary N) is 1. The van der Waals surface area contributed by atoms with Crippen LogP contribution in [-0.2, 0) is 4.79 Å². The average Bonchev–Trinajstić information content (AvgIpc) is 2.96. The fourth-order valence-corrected chi connectivity index (χ4v) is 2.40. The van der Waals surface area contributed by atoms with Crippen LogP contribution in [0, 0.1) is 0 Å². The van der Waals surface area contributed by atoms with Gasteiger partial charge in [-0.05, 0) is 30.7 Å². The van der Waals surface area contributed by atoms with Gasteiger partial charge >= 0.3 is 0 Å². The Hall–Kier alpha value is -2.02. The van der Waals surface area contributed by atoms with Crippen molar-refractivity contribution in [1.29, 1.82) is 0 Å². The number of thioether (sulfide) groups is 1. The summed E-state index contributed by atoms with van der Waals surface area (Å²) in [7, 11) is 0. The van der Waals surface area contributed by atoms with E-state index >= 15 is 0 Å². The lowest BCUT2D eigenvalue weighted by atomic mass is 10.2. The summed E-state index contributed by atoms with van der Waals surface area (Å²) in [5, 5.41) is 11.0. The van der Waals surface area contributed by atoms with Crippen molar-refractivity contribution in [2.45, 2.75) is 12.2 Å². The summed E-state index contributed by atoms with van der Waals surface area (Å²) in [6.45, 7) is 2.07. The van der Waals surface area contributed by atoms with Crippen molar-refractivity contribution in [3.8, 4) is 11.5 Å². The number of hydrogen-bond donors (Lipinski definition) is 1. The van der Waals surface area contributed by atoms with Crippen LogP contribution in [0.5, 0.6) is 11.5 Å². The predicted octanol–water partition coefficient (Wildman–Crippen LogP) is 1.36. The molecule has 1 aromatic rings. The number of benzene rings is 1. The zero-order valence-corrected chi connectivity index (χ0v) is 10.9. The standard InChI is InChI=1S/C12H11N3O3S/c1-7-11(16)14-12(19-7)15-13-5-8-2-3-9-10(4-8)18-6-17-9/h2-5,7H,6H2,1H3,(H,14,15,16)/b13-5+. The number of fused-ring (bicyclic) bond motifs is 1. The summed E-state index contributed by atoms with van der Waals surface area (Å²) in [4.78, 5) is 11.3. The molecule has 1 N–H and O–H groups in total. The summed E-state index contributed by atoms with van der Waals surface area (Å²) in [6.07, 6.45) is 1.60. The second-order valence-corrected chi connectivity index (χ2v) is 5.34. The van der Waals surface area contributed by atoms with Gasteiger partial charge in [-0.25, -0.2) is 0 Å². The molecular formula is C12H11N3O3S. The van der Waals surface area contributed by atoms with Crippen molar-refractivity contribution in [3.05, 3.63) is 23.8 Å². The molecule has 19 heavy (non-hydrogen) atoms. The number of carbonyl (C=O) groups is 1. The number of carbonyl (C=O) groups excluding carboxylic acids is 1. The smallest absolute Gasteiger partial charge is 0.239 e. The SMILES string of the molecule is CC1S/C(=N/N=C/c2ccc3c(c2)OCO3)NC1=O. The molecule has 1 amide bonds. The van der Waals surface area contributed by atoms with Crippen LogP contribution in [0.4, 0.5) is 0 Å². The summed E-state index contributed by atoms with van der Waals surface area (Å²) in [6, 6.07) is 5.51. The first-order valence-corrected chi connectivity index (χ1v) is 6.58. The van der Waals surface area contributed by atoms with Gasteiger partial charge in [-0.15, -0.1) is 5.10 Å². The molecule has 2 aliphatic heterocycles. The van der Waals surface area contributed by atoms with Crippen LogP contribution in [0.1, 0.15) is 12.5 Å². The number of hydrogen-bond acceptors (Lipinski definition) is 6. The topological polar surface area (TPSA) is 72.3 Å². The van der Waals surface area contributed by atoms with E-state index in [-0.39, 0.29) is 18.0 Å². The van der Waals surface area contributed by atoms with Crippen molar-refractivity contribution >= 4 is 29.1 Å². The van der Waals surface area contributed by atoms with Crippen molar-refractivity contribution in [1.82, 2.24) is 5.32 Å². The molecule has 0 spiro atoms. The highest BCUT2D eigenvalue weighted by molar-refractivity contribution is 8.15. The number of nitrogens with zero attached hydrogens (tertiary/aromatic N) is 2. The average molecular weight is 277 g/mol. The molecule has 1 aromatic carbocycles. The van der Waals surface area contributed by atoms with E-state index < -0.39 is 0 Å². The van der Waals surface area contributed by atoms with Gasteiger partial charge in [-0.3, -0.25) is 4.79 Å². The van der Waals surface area contributed by atoms with Crippen LogP contribution in [0.3, 0.4) is 0 Å². The molecule has 98 valence electrons. The van der Waals surface area contributed by atoms with Gasteiger partial charge in [0.05, 0.1) is 11.5 Å². The highest BCUT2D eigenvalue weighted by Crippen LogP contribution is 2.32. The lowest BCUT2D eigenvalue weighted by molar-refractivity contribution is -0.118. The van der Waals surface area contributed by atoms with Crippen LogP contribution >= 0.6 is 11.8 Å². The van der Waals surface area contributed by atoms with E-state index in [0.29, 0.717) is 10.9 Å². The number of ether oxygens (including phenoxy) is 2. The highest BCUT2D eigenvalue weighted by atomic mass is 32.2. The molecule has 0 radical (unpaired) electrons. The van der Waals surface area contributed by atoms with Crippen molar-refractivity contribution in [2.75, 3.05) is 6.79 Å². The Morgan fingerprint density at radius 1 is 1.42 bits per heavy atom. The Balaban J connectivity index is 1.70. The molecular weight excluding hydrogens is 266 g/mol. The number of rotatable bonds is 2. The third-order valence-electron chi connectivity index (χ3n) is 2.64. The lowest BCUT2D eigenvalue weighted by Crippen LogP contribution is -2.23. The second-order valence-electron chi connectivity index (χ2n) is 4.01. The number of amidine groups is 1. The van der Waals surface area contributed by atoms with Gasteiger partial charge in [-0.1, -0.05) is 11.8 Å². The molecule has 0 aromatic heterocycles. The second kappa shape index (κ2) is 4.93. The first kappa shape index (κ1) is 12.0. The monoisotopic (exact) mass is 277 g/mol. The van der Waals surface area contributed by atoms with E-state index in [1.807, 2.05) is 25.1 Å². The molecule has 6 nitrogen and oxygen atoms in total. The molecule has 7 heteroatoms. The van der Waals surface area contributed by atoms with E-state index in [2.05, 4.69) is 15.5 Å². The third kappa shape index (κ3) is 2.55. The normalized spacial score (nSPS) is 23.3. The first-order valence-electron chi connectivity index (χ1n) is 5.70. The largest absolute Gasteiger partial charge is 0.454 e. The summed E-state index contributed by atoms with van der Waals surface area (Å²) in [5.41, 5.74) is 0.857. The van der Waals surface area contributed by atoms with E-state index in [9.17, 15) is 4.79 Å². The van der Waals surface area contributed by atoms with Crippen molar-refractivity contribution < 1.29 is 14.3 Å². The minimum Gasteiger partial charge on any atom is -0.454 e. The Morgan fingerprint density at radius 3 is 3.05 bits per heavy atom. The van der Waals surface area contributed by atoms with Gasteiger partial charge in [-0.2, -0.15) is 5.10 Å². The minimum absolute atomic E-state index is 0.0398. The molecule has 1 fully saturated rings. The molecule has 3 rings (SSSR count). The zero-order chi connectivity index (χ0) is 13.2. The van der Waals surface area contributed by atoms with Crippen LogP contribution < -0.4 is 14.8 Å². The lowest BCUT2D eigenvalue weighted by Gasteiger charge is -1.96. The predicted molar refractivity (Wildman–Crippen MR) is 72.8 cm³/mol. The minimum atomic E-state index is -0.112. The molecule has 1 unspecified atom stereocenters. The molecule has 2 heterocycles. The van der Waals surface area contributed by atoms with Crippen molar-refractivity contribution in [2.24, 2.45) is 10.2 Å². The van der Waals surface area contributed by atoms with Crippen LogP contribution in [0.15, 0.2) is 28.4 Å². The number of amides is 1. The Labute approximate surface area is 113 Å². The van der Waals surface area contributed by atoms with Gasteiger partial charge in [0.2, 0.25) is 12.7 Å². The van der Waals surface area contributed by atoms with Crippen LogP contribution in [0.2, 0.25) is 0 Å². The molecule has 0 saturated carbocycles. The maximum absolute atomic E-state index is 11.3. The fraction of sp³-hybridized carbons (Fsp3) is 0.250. The molecule has 2 aliphatic rings. The molecule has 0 bridgehead atoms.